The van der Waals surface area contributed by atoms with Crippen molar-refractivity contribution < 1.29 is 24.2 Å². The highest BCUT2D eigenvalue weighted by Gasteiger charge is 2.28. The molecule has 0 unspecified atom stereocenters. The zero-order valence-corrected chi connectivity index (χ0v) is 14.8. The van der Waals surface area contributed by atoms with E-state index >= 15 is 0 Å². The highest BCUT2D eigenvalue weighted by Crippen LogP contribution is 2.44. The van der Waals surface area contributed by atoms with Crippen LogP contribution in [-0.2, 0) is 14.3 Å². The minimum absolute atomic E-state index is 0.0221. The molecule has 0 saturated carbocycles. The quantitative estimate of drug-likeness (QED) is 0.485. The van der Waals surface area contributed by atoms with Crippen molar-refractivity contribution in [3.63, 3.8) is 0 Å². The average Bonchev–Trinajstić information content (AvgIpc) is 3.02. The molecule has 2 amide bonds. The van der Waals surface area contributed by atoms with E-state index in [2.05, 4.69) is 22.8 Å². The first kappa shape index (κ1) is 18.9. The van der Waals surface area contributed by atoms with E-state index in [1.165, 1.54) is 0 Å². The number of benzene rings is 2. The predicted molar refractivity (Wildman–Crippen MR) is 99.1 cm³/mol. The fraction of sp³-hybridized carbons (Fsp3) is 0.300. The van der Waals surface area contributed by atoms with Gasteiger partial charge in [-0.2, -0.15) is 0 Å². The Morgan fingerprint density at radius 2 is 1.59 bits per heavy atom. The lowest BCUT2D eigenvalue weighted by atomic mass is 9.98. The Morgan fingerprint density at radius 3 is 2.22 bits per heavy atom. The lowest BCUT2D eigenvalue weighted by Crippen LogP contribution is -2.38. The van der Waals surface area contributed by atoms with Crippen molar-refractivity contribution in [2.75, 3.05) is 33.1 Å². The van der Waals surface area contributed by atoms with Gasteiger partial charge in [0.15, 0.2) is 0 Å². The molecule has 0 heterocycles. The molecule has 0 aromatic heterocycles. The summed E-state index contributed by atoms with van der Waals surface area (Å²) in [5.41, 5.74) is 4.57. The van der Waals surface area contributed by atoms with Crippen LogP contribution in [0.15, 0.2) is 48.5 Å². The molecule has 2 aromatic carbocycles. The molecule has 142 valence electrons. The van der Waals surface area contributed by atoms with Gasteiger partial charge in [-0.1, -0.05) is 48.5 Å². The maximum absolute atomic E-state index is 11.9. The summed E-state index contributed by atoms with van der Waals surface area (Å²) in [6, 6.07) is 16.2. The zero-order chi connectivity index (χ0) is 19.1. The van der Waals surface area contributed by atoms with Gasteiger partial charge in [0.1, 0.15) is 19.9 Å². The van der Waals surface area contributed by atoms with Crippen LogP contribution in [0.3, 0.4) is 0 Å². The molecule has 1 aliphatic rings. The smallest absolute Gasteiger partial charge is 0.407 e. The number of rotatable bonds is 8. The van der Waals surface area contributed by atoms with Gasteiger partial charge in [-0.25, -0.2) is 4.79 Å². The van der Waals surface area contributed by atoms with Crippen LogP contribution in [0.2, 0.25) is 0 Å². The number of carbonyl (C=O) groups excluding carboxylic acids is 2. The molecule has 0 radical (unpaired) electrons. The first-order valence-electron chi connectivity index (χ1n) is 8.75. The van der Waals surface area contributed by atoms with E-state index in [0.29, 0.717) is 0 Å². The third-order valence-corrected chi connectivity index (χ3v) is 4.34. The Morgan fingerprint density at radius 1 is 0.963 bits per heavy atom. The summed E-state index contributed by atoms with van der Waals surface area (Å²) in [4.78, 5) is 23.5. The fourth-order valence-corrected chi connectivity index (χ4v) is 3.13. The molecule has 0 saturated heterocycles. The highest BCUT2D eigenvalue weighted by atomic mass is 16.5. The monoisotopic (exact) mass is 370 g/mol. The van der Waals surface area contributed by atoms with Crippen molar-refractivity contribution in [2.45, 2.75) is 5.92 Å². The molecular formula is C20H22N2O5. The SMILES string of the molecule is O=C(CNC(=O)OCC1c2ccccc2-c2ccccc21)NCOCCO. The van der Waals surface area contributed by atoms with Gasteiger partial charge in [-0.3, -0.25) is 4.79 Å². The van der Waals surface area contributed by atoms with Gasteiger partial charge < -0.3 is 25.2 Å². The van der Waals surface area contributed by atoms with Crippen LogP contribution in [0.4, 0.5) is 4.79 Å². The molecule has 3 N–H and O–H groups in total. The molecule has 0 fully saturated rings. The molecule has 0 atom stereocenters. The number of alkyl carbamates (subject to hydrolysis) is 1. The molecule has 0 aliphatic heterocycles. The van der Waals surface area contributed by atoms with E-state index in [-0.39, 0.29) is 39.0 Å². The van der Waals surface area contributed by atoms with E-state index in [1.807, 2.05) is 36.4 Å². The molecule has 7 heteroatoms. The van der Waals surface area contributed by atoms with Crippen molar-refractivity contribution in [2.24, 2.45) is 0 Å². The average molecular weight is 370 g/mol. The minimum atomic E-state index is -0.650. The second-order valence-corrected chi connectivity index (χ2v) is 6.06. The fourth-order valence-electron chi connectivity index (χ4n) is 3.13. The Labute approximate surface area is 157 Å². The molecule has 2 aromatic rings. The number of hydrogen-bond acceptors (Lipinski definition) is 5. The summed E-state index contributed by atoms with van der Waals surface area (Å²) in [5.74, 6) is -0.426. The second kappa shape index (κ2) is 9.16. The molecular weight excluding hydrogens is 348 g/mol. The number of ether oxygens (including phenoxy) is 2. The van der Waals surface area contributed by atoms with Gasteiger partial charge in [0.2, 0.25) is 5.91 Å². The van der Waals surface area contributed by atoms with Crippen molar-refractivity contribution in [3.05, 3.63) is 59.7 Å². The van der Waals surface area contributed by atoms with Crippen molar-refractivity contribution in [1.82, 2.24) is 10.6 Å². The summed E-state index contributed by atoms with van der Waals surface area (Å²) in [6.07, 6.45) is -0.650. The van der Waals surface area contributed by atoms with Gasteiger partial charge >= 0.3 is 6.09 Å². The van der Waals surface area contributed by atoms with Crippen LogP contribution in [0.5, 0.6) is 0 Å². The highest BCUT2D eigenvalue weighted by molar-refractivity contribution is 5.82. The van der Waals surface area contributed by atoms with Gasteiger partial charge in [0.25, 0.3) is 0 Å². The standard InChI is InChI=1S/C20H22N2O5/c23-9-10-26-13-22-19(24)11-21-20(25)27-12-18-16-7-3-1-5-14(16)15-6-2-4-8-17(15)18/h1-8,18,23H,9-13H2,(H,21,25)(H,22,24). The van der Waals surface area contributed by atoms with E-state index in [1.54, 1.807) is 0 Å². The number of aliphatic hydroxyl groups excluding tert-OH is 1. The largest absolute Gasteiger partial charge is 0.449 e. The van der Waals surface area contributed by atoms with Crippen LogP contribution in [0.1, 0.15) is 17.0 Å². The van der Waals surface area contributed by atoms with Gasteiger partial charge in [0.05, 0.1) is 13.2 Å². The Balaban J connectivity index is 1.50. The predicted octanol–water partition coefficient (Wildman–Crippen LogP) is 1.61. The molecule has 7 nitrogen and oxygen atoms in total. The van der Waals surface area contributed by atoms with Crippen molar-refractivity contribution in [1.29, 1.82) is 0 Å². The summed E-state index contributed by atoms with van der Waals surface area (Å²) >= 11 is 0. The molecule has 3 rings (SSSR count). The lowest BCUT2D eigenvalue weighted by molar-refractivity contribution is -0.122. The topological polar surface area (TPSA) is 96.9 Å². The summed E-state index contributed by atoms with van der Waals surface area (Å²) in [5, 5.41) is 13.4. The van der Waals surface area contributed by atoms with Gasteiger partial charge in [-0.15, -0.1) is 0 Å². The van der Waals surface area contributed by atoms with E-state index in [9.17, 15) is 9.59 Å². The first-order valence-corrected chi connectivity index (χ1v) is 8.75. The van der Waals surface area contributed by atoms with Gasteiger partial charge in [-0.05, 0) is 22.3 Å². The van der Waals surface area contributed by atoms with E-state index in [0.717, 1.165) is 22.3 Å². The van der Waals surface area contributed by atoms with Gasteiger partial charge in [0, 0.05) is 5.92 Å². The van der Waals surface area contributed by atoms with E-state index in [4.69, 9.17) is 14.6 Å². The molecule has 0 spiro atoms. The Kier molecular flexibility index (Phi) is 6.40. The number of hydrogen-bond donors (Lipinski definition) is 3. The first-order chi connectivity index (χ1) is 13.2. The number of aliphatic hydroxyl groups is 1. The van der Waals surface area contributed by atoms with Crippen LogP contribution >= 0.6 is 0 Å². The van der Waals surface area contributed by atoms with Crippen LogP contribution in [0, 0.1) is 0 Å². The molecule has 1 aliphatic carbocycles. The minimum Gasteiger partial charge on any atom is -0.449 e. The number of fused-ring (bicyclic) bond motifs is 3. The molecule has 0 bridgehead atoms. The summed E-state index contributed by atoms with van der Waals surface area (Å²) < 4.78 is 10.3. The maximum atomic E-state index is 11.9. The summed E-state index contributed by atoms with van der Waals surface area (Å²) in [7, 11) is 0. The number of nitrogens with one attached hydrogen (secondary N) is 2. The van der Waals surface area contributed by atoms with Crippen LogP contribution in [0.25, 0.3) is 11.1 Å². The normalized spacial score (nSPS) is 12.2. The maximum Gasteiger partial charge on any atom is 0.407 e. The zero-order valence-electron chi connectivity index (χ0n) is 14.8. The third kappa shape index (κ3) is 4.64. The Bertz CT molecular complexity index is 763. The van der Waals surface area contributed by atoms with Crippen LogP contribution < -0.4 is 10.6 Å². The number of carbonyl (C=O) groups is 2. The van der Waals surface area contributed by atoms with Crippen LogP contribution in [-0.4, -0.2) is 50.2 Å². The number of amides is 2. The summed E-state index contributed by atoms with van der Waals surface area (Å²) in [6.45, 7) is -0.0139. The van der Waals surface area contributed by atoms with Crippen molar-refractivity contribution >= 4 is 12.0 Å². The van der Waals surface area contributed by atoms with Crippen molar-refractivity contribution in [3.8, 4) is 11.1 Å². The van der Waals surface area contributed by atoms with E-state index < -0.39 is 12.0 Å². The third-order valence-electron chi connectivity index (χ3n) is 4.34. The lowest BCUT2D eigenvalue weighted by Gasteiger charge is -2.14. The second-order valence-electron chi connectivity index (χ2n) is 6.06. The molecule has 27 heavy (non-hydrogen) atoms. The Hall–Kier alpha value is -2.90.